The van der Waals surface area contributed by atoms with Gasteiger partial charge < -0.3 is 4.74 Å². The molecule has 0 N–H and O–H groups in total. The Labute approximate surface area is 179 Å². The van der Waals surface area contributed by atoms with E-state index < -0.39 is 0 Å². The van der Waals surface area contributed by atoms with Crippen LogP contribution in [0.4, 0.5) is 0 Å². The van der Waals surface area contributed by atoms with Gasteiger partial charge in [-0.3, -0.25) is 4.79 Å². The predicted octanol–water partition coefficient (Wildman–Crippen LogP) is 6.67. The van der Waals surface area contributed by atoms with E-state index in [9.17, 15) is 10.1 Å². The van der Waals surface area contributed by atoms with Crippen LogP contribution in [0.15, 0.2) is 72.3 Å². The van der Waals surface area contributed by atoms with E-state index in [1.54, 1.807) is 60.7 Å². The van der Waals surface area contributed by atoms with E-state index in [1.165, 1.54) is 0 Å². The van der Waals surface area contributed by atoms with Crippen LogP contribution in [0.25, 0.3) is 6.08 Å². The second-order valence-electron chi connectivity index (χ2n) is 6.42. The smallest absolute Gasteiger partial charge is 0.203 e. The molecule has 0 spiro atoms. The third-order valence-electron chi connectivity index (χ3n) is 4.31. The van der Waals surface area contributed by atoms with E-state index in [0.29, 0.717) is 21.4 Å². The number of nitrogens with zero attached hydrogens (tertiary/aromatic N) is 1. The third kappa shape index (κ3) is 5.26. The number of Topliss-reactive ketones (excluding diaryl/α,β-unsaturated/α-hetero) is 1. The van der Waals surface area contributed by atoms with Gasteiger partial charge in [-0.05, 0) is 42.8 Å². The van der Waals surface area contributed by atoms with Crippen LogP contribution in [-0.4, -0.2) is 5.78 Å². The Kier molecular flexibility index (Phi) is 6.72. The van der Waals surface area contributed by atoms with Gasteiger partial charge in [0, 0.05) is 21.2 Å². The number of allylic oxidation sites excluding steroid dienone is 1. The molecule has 5 heteroatoms. The molecule has 144 valence electrons. The van der Waals surface area contributed by atoms with E-state index >= 15 is 0 Å². The normalized spacial score (nSPS) is 11.0. The minimum Gasteiger partial charge on any atom is -0.489 e. The lowest BCUT2D eigenvalue weighted by atomic mass is 10.0. The van der Waals surface area contributed by atoms with Crippen molar-refractivity contribution >= 4 is 35.1 Å². The lowest BCUT2D eigenvalue weighted by Gasteiger charge is -2.09. The van der Waals surface area contributed by atoms with Gasteiger partial charge in [-0.2, -0.15) is 5.26 Å². The van der Waals surface area contributed by atoms with Gasteiger partial charge in [0.05, 0.1) is 0 Å². The standard InChI is InChI=1S/C24H17Cl2NO2/c1-16-5-9-18(10-6-16)24(28)19(14-27)13-17-7-11-20(12-8-17)29-15-21-22(25)3-2-4-23(21)26/h2-13H,15H2,1H3. The molecule has 3 rings (SSSR count). The second-order valence-corrected chi connectivity index (χ2v) is 7.24. The summed E-state index contributed by atoms with van der Waals surface area (Å²) in [6.45, 7) is 2.18. The summed E-state index contributed by atoms with van der Waals surface area (Å²) < 4.78 is 5.75. The number of rotatable bonds is 6. The van der Waals surface area contributed by atoms with E-state index in [2.05, 4.69) is 0 Å². The number of nitriles is 1. The molecule has 0 aromatic heterocycles. The minimum atomic E-state index is -0.304. The lowest BCUT2D eigenvalue weighted by molar-refractivity contribution is 0.104. The predicted molar refractivity (Wildman–Crippen MR) is 116 cm³/mol. The van der Waals surface area contributed by atoms with Crippen molar-refractivity contribution in [2.24, 2.45) is 0 Å². The number of halogens is 2. The molecule has 0 heterocycles. The molecule has 0 saturated carbocycles. The number of carbonyl (C=O) groups excluding carboxylic acids is 1. The molecule has 3 nitrogen and oxygen atoms in total. The van der Waals surface area contributed by atoms with Crippen molar-refractivity contribution in [2.75, 3.05) is 0 Å². The van der Waals surface area contributed by atoms with Gasteiger partial charge in [0.1, 0.15) is 24.0 Å². The number of ether oxygens (including phenoxy) is 1. The van der Waals surface area contributed by atoms with Crippen LogP contribution in [0, 0.1) is 18.3 Å². The summed E-state index contributed by atoms with van der Waals surface area (Å²) in [5.74, 6) is 0.322. The average Bonchev–Trinajstić information content (AvgIpc) is 2.72. The van der Waals surface area contributed by atoms with Gasteiger partial charge in [-0.25, -0.2) is 0 Å². The maximum atomic E-state index is 12.5. The molecule has 3 aromatic rings. The van der Waals surface area contributed by atoms with Gasteiger partial charge in [0.15, 0.2) is 0 Å². The number of hydrogen-bond donors (Lipinski definition) is 0. The van der Waals surface area contributed by atoms with Gasteiger partial charge >= 0.3 is 0 Å². The average molecular weight is 422 g/mol. The highest BCUT2D eigenvalue weighted by Gasteiger charge is 2.12. The largest absolute Gasteiger partial charge is 0.489 e. The van der Waals surface area contributed by atoms with Crippen LogP contribution in [-0.2, 0) is 6.61 Å². The Morgan fingerprint density at radius 3 is 2.21 bits per heavy atom. The molecule has 0 aliphatic heterocycles. The summed E-state index contributed by atoms with van der Waals surface area (Å²) >= 11 is 12.3. The molecule has 0 fully saturated rings. The van der Waals surface area contributed by atoms with Crippen LogP contribution in [0.5, 0.6) is 5.75 Å². The van der Waals surface area contributed by atoms with Crippen molar-refractivity contribution in [1.29, 1.82) is 5.26 Å². The van der Waals surface area contributed by atoms with Crippen molar-refractivity contribution in [1.82, 2.24) is 0 Å². The Bertz CT molecular complexity index is 1070. The first-order valence-corrected chi connectivity index (χ1v) is 9.62. The SMILES string of the molecule is Cc1ccc(C(=O)C(C#N)=Cc2ccc(OCc3c(Cl)cccc3Cl)cc2)cc1. The summed E-state index contributed by atoms with van der Waals surface area (Å²) in [4.78, 5) is 12.5. The molecule has 0 saturated heterocycles. The molecule has 0 unspecified atom stereocenters. The Hall–Kier alpha value is -3.06. The molecule has 0 bridgehead atoms. The first kappa shape index (κ1) is 20.7. The molecule has 29 heavy (non-hydrogen) atoms. The molecule has 3 aromatic carbocycles. The highest BCUT2D eigenvalue weighted by atomic mass is 35.5. The zero-order valence-electron chi connectivity index (χ0n) is 15.7. The molecule has 0 aliphatic rings. The van der Waals surface area contributed by atoms with Crippen LogP contribution < -0.4 is 4.74 Å². The van der Waals surface area contributed by atoms with Crippen molar-refractivity contribution in [3.8, 4) is 11.8 Å². The Balaban J connectivity index is 1.72. The fraction of sp³-hybridized carbons (Fsp3) is 0.0833. The maximum absolute atomic E-state index is 12.5. The summed E-state index contributed by atoms with van der Waals surface area (Å²) in [6, 6.07) is 21.5. The van der Waals surface area contributed by atoms with Crippen LogP contribution in [0.3, 0.4) is 0 Å². The minimum absolute atomic E-state index is 0.0744. The number of hydrogen-bond acceptors (Lipinski definition) is 3. The van der Waals surface area contributed by atoms with Crippen LogP contribution in [0.1, 0.15) is 27.0 Å². The number of benzene rings is 3. The monoisotopic (exact) mass is 421 g/mol. The number of ketones is 1. The zero-order chi connectivity index (χ0) is 20.8. The Morgan fingerprint density at radius 1 is 1.00 bits per heavy atom. The van der Waals surface area contributed by atoms with Gasteiger partial charge in [0.2, 0.25) is 5.78 Å². The van der Waals surface area contributed by atoms with Gasteiger partial charge in [-0.15, -0.1) is 0 Å². The van der Waals surface area contributed by atoms with E-state index in [0.717, 1.165) is 16.7 Å². The van der Waals surface area contributed by atoms with Crippen molar-refractivity contribution in [3.63, 3.8) is 0 Å². The Morgan fingerprint density at radius 2 is 1.62 bits per heavy atom. The molecule has 0 radical (unpaired) electrons. The lowest BCUT2D eigenvalue weighted by Crippen LogP contribution is -2.01. The van der Waals surface area contributed by atoms with Crippen LogP contribution in [0.2, 0.25) is 10.0 Å². The van der Waals surface area contributed by atoms with Gasteiger partial charge in [0.25, 0.3) is 0 Å². The molecule has 0 aliphatic carbocycles. The van der Waals surface area contributed by atoms with Crippen molar-refractivity contribution < 1.29 is 9.53 Å². The molecule has 0 atom stereocenters. The summed E-state index contributed by atoms with van der Waals surface area (Å²) in [6.07, 6.45) is 1.57. The summed E-state index contributed by atoms with van der Waals surface area (Å²) in [5.41, 5.74) is 3.06. The van der Waals surface area contributed by atoms with Crippen molar-refractivity contribution in [2.45, 2.75) is 13.5 Å². The third-order valence-corrected chi connectivity index (χ3v) is 5.02. The number of aryl methyl sites for hydroxylation is 1. The molecular formula is C24H17Cl2NO2. The molecular weight excluding hydrogens is 405 g/mol. The first-order valence-electron chi connectivity index (χ1n) is 8.87. The van der Waals surface area contributed by atoms with E-state index in [4.69, 9.17) is 27.9 Å². The zero-order valence-corrected chi connectivity index (χ0v) is 17.2. The fourth-order valence-corrected chi connectivity index (χ4v) is 3.17. The highest BCUT2D eigenvalue weighted by molar-refractivity contribution is 6.35. The quantitative estimate of drug-likeness (QED) is 0.253. The topological polar surface area (TPSA) is 50.1 Å². The first-order chi connectivity index (χ1) is 14.0. The summed E-state index contributed by atoms with van der Waals surface area (Å²) in [7, 11) is 0. The molecule has 0 amide bonds. The maximum Gasteiger partial charge on any atom is 0.203 e. The second kappa shape index (κ2) is 9.43. The van der Waals surface area contributed by atoms with E-state index in [1.807, 2.05) is 25.1 Å². The fourth-order valence-electron chi connectivity index (χ4n) is 2.66. The highest BCUT2D eigenvalue weighted by Crippen LogP contribution is 2.26. The number of carbonyl (C=O) groups is 1. The van der Waals surface area contributed by atoms with Gasteiger partial charge in [-0.1, -0.05) is 71.2 Å². The summed E-state index contributed by atoms with van der Waals surface area (Å²) in [5, 5.41) is 10.5. The van der Waals surface area contributed by atoms with Crippen molar-refractivity contribution in [3.05, 3.63) is 105 Å². The van der Waals surface area contributed by atoms with E-state index in [-0.39, 0.29) is 18.0 Å². The van der Waals surface area contributed by atoms with Crippen LogP contribution >= 0.6 is 23.2 Å².